The van der Waals surface area contributed by atoms with Crippen LogP contribution >= 0.6 is 0 Å². The number of hydrogen-bond donors (Lipinski definition) is 1. The lowest BCUT2D eigenvalue weighted by atomic mass is 9.89. The third-order valence-electron chi connectivity index (χ3n) is 4.43. The molecule has 1 saturated heterocycles. The molecule has 0 spiro atoms. The number of morpholine rings is 1. The molecule has 2 fully saturated rings. The number of nitro benzene ring substituents is 1. The van der Waals surface area contributed by atoms with E-state index in [4.69, 9.17) is 4.74 Å². The van der Waals surface area contributed by atoms with E-state index in [1.54, 1.807) is 4.90 Å². The summed E-state index contributed by atoms with van der Waals surface area (Å²) in [6, 6.07) is 4.03. The number of carbonyl (C=O) groups excluding carboxylic acids is 1. The molecule has 1 aromatic rings. The summed E-state index contributed by atoms with van der Waals surface area (Å²) in [5.41, 5.74) is -0.459. The molecule has 2 aliphatic rings. The Morgan fingerprint density at radius 3 is 2.91 bits per heavy atom. The Balaban J connectivity index is 1.90. The first-order valence-electron chi connectivity index (χ1n) is 7.48. The van der Waals surface area contributed by atoms with Crippen LogP contribution in [-0.2, 0) is 4.74 Å². The van der Waals surface area contributed by atoms with Crippen LogP contribution in [0.4, 0.5) is 5.69 Å². The van der Waals surface area contributed by atoms with Gasteiger partial charge < -0.3 is 14.7 Å². The van der Waals surface area contributed by atoms with E-state index in [-0.39, 0.29) is 23.6 Å². The number of benzene rings is 1. The molecular formula is C15H18N2O5. The predicted octanol–water partition coefficient (Wildman–Crippen LogP) is 2.08. The maximum Gasteiger partial charge on any atom is 0.311 e. The molecule has 0 radical (unpaired) electrons. The van der Waals surface area contributed by atoms with Crippen molar-refractivity contribution >= 4 is 11.6 Å². The van der Waals surface area contributed by atoms with Gasteiger partial charge in [0, 0.05) is 12.6 Å². The molecule has 1 aliphatic heterocycles. The van der Waals surface area contributed by atoms with Crippen LogP contribution in [0.3, 0.4) is 0 Å². The second kappa shape index (κ2) is 5.92. The van der Waals surface area contributed by atoms with Crippen molar-refractivity contribution in [2.45, 2.75) is 37.8 Å². The molecule has 1 saturated carbocycles. The molecule has 1 heterocycles. The number of phenols is 1. The largest absolute Gasteiger partial charge is 0.502 e. The Labute approximate surface area is 127 Å². The summed E-state index contributed by atoms with van der Waals surface area (Å²) in [6.45, 7) is 0.907. The SMILES string of the molecule is O=C(c1cccc([N+](=O)[O-])c1O)N1CCO[C@H]2CCCC[C@@H]21. The smallest absolute Gasteiger partial charge is 0.311 e. The number of nitro groups is 1. The Morgan fingerprint density at radius 2 is 2.14 bits per heavy atom. The first kappa shape index (κ1) is 14.8. The molecule has 1 aromatic carbocycles. The Bertz CT molecular complexity index is 602. The number of phenolic OH excluding ortho intramolecular Hbond substituents is 1. The highest BCUT2D eigenvalue weighted by Crippen LogP contribution is 2.33. The highest BCUT2D eigenvalue weighted by atomic mass is 16.6. The van der Waals surface area contributed by atoms with Crippen molar-refractivity contribution in [1.29, 1.82) is 0 Å². The summed E-state index contributed by atoms with van der Waals surface area (Å²) in [6.07, 6.45) is 3.95. The standard InChI is InChI=1S/C15H18N2O5/c18-14-10(4-3-6-12(14)17(20)21)15(19)16-8-9-22-13-7-2-1-5-11(13)16/h3-4,6,11,13,18H,1-2,5,7-9H2/t11-,13-/m0/s1. The van der Waals surface area contributed by atoms with Crippen LogP contribution in [-0.4, -0.2) is 46.1 Å². The van der Waals surface area contributed by atoms with Gasteiger partial charge in [0.1, 0.15) is 0 Å². The number of nitrogens with zero attached hydrogens (tertiary/aromatic N) is 2. The van der Waals surface area contributed by atoms with Crippen LogP contribution in [0.15, 0.2) is 18.2 Å². The third-order valence-corrected chi connectivity index (χ3v) is 4.43. The molecular weight excluding hydrogens is 288 g/mol. The molecule has 1 amide bonds. The zero-order valence-electron chi connectivity index (χ0n) is 12.1. The van der Waals surface area contributed by atoms with Gasteiger partial charge in [0.15, 0.2) is 0 Å². The van der Waals surface area contributed by atoms with Gasteiger partial charge in [0.05, 0.1) is 29.2 Å². The number of fused-ring (bicyclic) bond motifs is 1. The Morgan fingerprint density at radius 1 is 1.36 bits per heavy atom. The summed E-state index contributed by atoms with van der Waals surface area (Å²) in [5, 5.41) is 20.9. The fourth-order valence-corrected chi connectivity index (χ4v) is 3.35. The second-order valence-corrected chi connectivity index (χ2v) is 5.69. The van der Waals surface area contributed by atoms with Crippen molar-refractivity contribution in [3.05, 3.63) is 33.9 Å². The number of amides is 1. The summed E-state index contributed by atoms with van der Waals surface area (Å²) in [5.74, 6) is -0.919. The molecule has 22 heavy (non-hydrogen) atoms. The monoisotopic (exact) mass is 306 g/mol. The lowest BCUT2D eigenvalue weighted by Gasteiger charge is -2.43. The average Bonchev–Trinajstić information content (AvgIpc) is 2.53. The van der Waals surface area contributed by atoms with Crippen LogP contribution in [0.25, 0.3) is 0 Å². The second-order valence-electron chi connectivity index (χ2n) is 5.69. The zero-order valence-corrected chi connectivity index (χ0v) is 12.1. The lowest BCUT2D eigenvalue weighted by Crippen LogP contribution is -2.54. The van der Waals surface area contributed by atoms with E-state index in [1.807, 2.05) is 0 Å². The van der Waals surface area contributed by atoms with E-state index >= 15 is 0 Å². The molecule has 0 aromatic heterocycles. The van der Waals surface area contributed by atoms with Gasteiger partial charge in [-0.2, -0.15) is 0 Å². The molecule has 1 aliphatic carbocycles. The number of aromatic hydroxyl groups is 1. The van der Waals surface area contributed by atoms with E-state index in [1.165, 1.54) is 18.2 Å². The van der Waals surface area contributed by atoms with Crippen molar-refractivity contribution in [2.24, 2.45) is 0 Å². The van der Waals surface area contributed by atoms with E-state index in [0.29, 0.717) is 13.2 Å². The van der Waals surface area contributed by atoms with Crippen molar-refractivity contribution in [2.75, 3.05) is 13.2 Å². The highest BCUT2D eigenvalue weighted by Gasteiger charge is 2.38. The third kappa shape index (κ3) is 2.52. The van der Waals surface area contributed by atoms with Crippen molar-refractivity contribution in [3.63, 3.8) is 0 Å². The first-order valence-corrected chi connectivity index (χ1v) is 7.48. The van der Waals surface area contributed by atoms with Gasteiger partial charge in [0.2, 0.25) is 5.75 Å². The fraction of sp³-hybridized carbons (Fsp3) is 0.533. The van der Waals surface area contributed by atoms with Crippen LogP contribution in [0.5, 0.6) is 5.75 Å². The minimum Gasteiger partial charge on any atom is -0.502 e. The maximum absolute atomic E-state index is 12.7. The molecule has 118 valence electrons. The van der Waals surface area contributed by atoms with Gasteiger partial charge in [-0.05, 0) is 18.9 Å². The van der Waals surface area contributed by atoms with Crippen LogP contribution < -0.4 is 0 Å². The molecule has 3 rings (SSSR count). The first-order chi connectivity index (χ1) is 10.6. The molecule has 2 atom stereocenters. The van der Waals surface area contributed by atoms with E-state index < -0.39 is 16.4 Å². The van der Waals surface area contributed by atoms with Gasteiger partial charge in [-0.25, -0.2) is 0 Å². The molecule has 0 unspecified atom stereocenters. The fourth-order valence-electron chi connectivity index (χ4n) is 3.35. The lowest BCUT2D eigenvalue weighted by molar-refractivity contribution is -0.385. The summed E-state index contributed by atoms with van der Waals surface area (Å²) in [7, 11) is 0. The maximum atomic E-state index is 12.7. The van der Waals surface area contributed by atoms with Gasteiger partial charge in [-0.15, -0.1) is 0 Å². The number of carbonyl (C=O) groups is 1. The van der Waals surface area contributed by atoms with Gasteiger partial charge in [-0.1, -0.05) is 18.9 Å². The van der Waals surface area contributed by atoms with Crippen LogP contribution in [0.1, 0.15) is 36.0 Å². The van der Waals surface area contributed by atoms with Crippen LogP contribution in [0, 0.1) is 10.1 Å². The van der Waals surface area contributed by atoms with Crippen LogP contribution in [0.2, 0.25) is 0 Å². The molecule has 1 N–H and O–H groups in total. The van der Waals surface area contributed by atoms with Gasteiger partial charge >= 0.3 is 5.69 Å². The molecule has 0 bridgehead atoms. The average molecular weight is 306 g/mol. The van der Waals surface area contributed by atoms with E-state index in [0.717, 1.165) is 25.7 Å². The summed E-state index contributed by atoms with van der Waals surface area (Å²) >= 11 is 0. The van der Waals surface area contributed by atoms with Crippen molar-refractivity contribution in [3.8, 4) is 5.75 Å². The minimum atomic E-state index is -0.686. The predicted molar refractivity (Wildman–Crippen MR) is 77.8 cm³/mol. The van der Waals surface area contributed by atoms with Crippen molar-refractivity contribution in [1.82, 2.24) is 4.90 Å². The summed E-state index contributed by atoms with van der Waals surface area (Å²) < 4.78 is 5.73. The number of rotatable bonds is 2. The van der Waals surface area contributed by atoms with Crippen molar-refractivity contribution < 1.29 is 19.6 Å². The van der Waals surface area contributed by atoms with Gasteiger partial charge in [-0.3, -0.25) is 14.9 Å². The Hall–Kier alpha value is -2.15. The Kier molecular flexibility index (Phi) is 3.98. The molecule has 7 nitrogen and oxygen atoms in total. The number of hydrogen-bond acceptors (Lipinski definition) is 5. The number of para-hydroxylation sites is 1. The number of ether oxygens (including phenoxy) is 1. The van der Waals surface area contributed by atoms with E-state index in [2.05, 4.69) is 0 Å². The zero-order chi connectivity index (χ0) is 15.7. The summed E-state index contributed by atoms with van der Waals surface area (Å²) in [4.78, 5) is 24.7. The van der Waals surface area contributed by atoms with E-state index in [9.17, 15) is 20.0 Å². The van der Waals surface area contributed by atoms with Gasteiger partial charge in [0.25, 0.3) is 5.91 Å². The topological polar surface area (TPSA) is 92.9 Å². The normalized spacial score (nSPS) is 24.6. The minimum absolute atomic E-state index is 0.00587. The highest BCUT2D eigenvalue weighted by molar-refractivity contribution is 5.98. The molecule has 7 heteroatoms. The quantitative estimate of drug-likeness (QED) is 0.667.